The van der Waals surface area contributed by atoms with Crippen LogP contribution in [0.3, 0.4) is 0 Å². The molecule has 0 fully saturated rings. The second-order valence-electron chi connectivity index (χ2n) is 6.64. The van der Waals surface area contributed by atoms with Gasteiger partial charge in [-0.15, -0.1) is 23.5 Å². The molecule has 18 heavy (non-hydrogen) atoms. The molecule has 2 heteroatoms. The van der Waals surface area contributed by atoms with Crippen molar-refractivity contribution in [1.82, 2.24) is 0 Å². The van der Waals surface area contributed by atoms with Crippen LogP contribution in [-0.4, -0.2) is 9.49 Å². The molecule has 0 radical (unpaired) electrons. The Morgan fingerprint density at radius 3 is 1.44 bits per heavy atom. The number of rotatable bonds is 2. The van der Waals surface area contributed by atoms with Crippen LogP contribution < -0.4 is 0 Å². The summed E-state index contributed by atoms with van der Waals surface area (Å²) in [5.74, 6) is 0. The van der Waals surface area contributed by atoms with E-state index in [1.165, 1.54) is 21.0 Å². The molecule has 2 aliphatic carbocycles. The summed E-state index contributed by atoms with van der Waals surface area (Å²) < 4.78 is 0.570. The molecule has 0 aliphatic heterocycles. The minimum absolute atomic E-state index is 0.285. The van der Waals surface area contributed by atoms with Crippen molar-refractivity contribution < 1.29 is 0 Å². The Balaban J connectivity index is 2.23. The van der Waals surface area contributed by atoms with E-state index < -0.39 is 0 Å². The van der Waals surface area contributed by atoms with Gasteiger partial charge in [-0.05, 0) is 5.57 Å². The van der Waals surface area contributed by atoms with Crippen LogP contribution in [0.15, 0.2) is 45.3 Å². The Morgan fingerprint density at radius 2 is 1.11 bits per heavy atom. The number of hydrogen-bond acceptors (Lipinski definition) is 2. The fourth-order valence-corrected chi connectivity index (χ4v) is 4.23. The second kappa shape index (κ2) is 4.64. The first kappa shape index (κ1) is 14.1. The highest BCUT2D eigenvalue weighted by Gasteiger charge is 2.38. The maximum Gasteiger partial charge on any atom is 0.0310 e. The van der Waals surface area contributed by atoms with Gasteiger partial charge in [0.2, 0.25) is 0 Å². The molecule has 98 valence electrons. The van der Waals surface area contributed by atoms with E-state index in [4.69, 9.17) is 0 Å². The molecule has 0 amide bonds. The van der Waals surface area contributed by atoms with Crippen LogP contribution >= 0.6 is 23.5 Å². The third-order valence-electron chi connectivity index (χ3n) is 2.37. The topological polar surface area (TPSA) is 0 Å². The van der Waals surface area contributed by atoms with Gasteiger partial charge in [-0.1, -0.05) is 65.8 Å². The summed E-state index contributed by atoms with van der Waals surface area (Å²) in [7, 11) is 0. The molecule has 0 unspecified atom stereocenters. The molecular formula is C16H22S2. The smallest absolute Gasteiger partial charge is 0.0310 e. The van der Waals surface area contributed by atoms with Crippen LogP contribution in [0, 0.1) is 0 Å². The first-order valence-electron chi connectivity index (χ1n) is 6.39. The monoisotopic (exact) mass is 278 g/mol. The molecule has 2 rings (SSSR count). The van der Waals surface area contributed by atoms with Crippen molar-refractivity contribution >= 4 is 23.5 Å². The van der Waals surface area contributed by atoms with Crippen molar-refractivity contribution in [3.05, 3.63) is 45.3 Å². The average molecular weight is 278 g/mol. The van der Waals surface area contributed by atoms with E-state index >= 15 is 0 Å². The highest BCUT2D eigenvalue weighted by Crippen LogP contribution is 2.60. The van der Waals surface area contributed by atoms with Crippen molar-refractivity contribution in [2.75, 3.05) is 0 Å². The van der Waals surface area contributed by atoms with Gasteiger partial charge >= 0.3 is 0 Å². The maximum absolute atomic E-state index is 2.28. The van der Waals surface area contributed by atoms with Crippen LogP contribution in [0.25, 0.3) is 0 Å². The standard InChI is InChI=1S/C16H22S2/c1-15(2,3)17-13-12(11-9-7-8-10-11)14(13)18-16(4,5)6/h7-10H,1-6H3. The van der Waals surface area contributed by atoms with E-state index in [9.17, 15) is 0 Å². The van der Waals surface area contributed by atoms with Crippen LogP contribution in [-0.2, 0) is 0 Å². The molecular weight excluding hydrogens is 256 g/mol. The lowest BCUT2D eigenvalue weighted by Gasteiger charge is -2.15. The highest BCUT2D eigenvalue weighted by molar-refractivity contribution is 8.09. The van der Waals surface area contributed by atoms with E-state index in [0.29, 0.717) is 0 Å². The maximum atomic E-state index is 2.28. The predicted molar refractivity (Wildman–Crippen MR) is 87.0 cm³/mol. The molecule has 0 aromatic rings. The average Bonchev–Trinajstić information content (AvgIpc) is 2.64. The number of hydrogen-bond donors (Lipinski definition) is 0. The molecule has 0 aromatic carbocycles. The van der Waals surface area contributed by atoms with Gasteiger partial charge in [0.05, 0.1) is 0 Å². The summed E-state index contributed by atoms with van der Waals surface area (Å²) in [6.07, 6.45) is 8.68. The van der Waals surface area contributed by atoms with E-state index in [-0.39, 0.29) is 9.49 Å². The Morgan fingerprint density at radius 1 is 0.722 bits per heavy atom. The lowest BCUT2D eigenvalue weighted by Crippen LogP contribution is -2.06. The SMILES string of the molecule is CC(C)(C)SC1=C(SC(C)(C)C)C1=C1C=CC=C1. The summed E-state index contributed by atoms with van der Waals surface area (Å²) in [5.41, 5.74) is 2.87. The molecule has 0 saturated carbocycles. The van der Waals surface area contributed by atoms with Gasteiger partial charge in [0.1, 0.15) is 0 Å². The van der Waals surface area contributed by atoms with Gasteiger partial charge in [-0.2, -0.15) is 0 Å². The molecule has 0 spiro atoms. The molecule has 2 aliphatic rings. The van der Waals surface area contributed by atoms with Crippen LogP contribution in [0.5, 0.6) is 0 Å². The Kier molecular flexibility index (Phi) is 3.63. The van der Waals surface area contributed by atoms with E-state index in [0.717, 1.165) is 0 Å². The van der Waals surface area contributed by atoms with E-state index in [1.807, 2.05) is 23.5 Å². The van der Waals surface area contributed by atoms with Crippen molar-refractivity contribution in [3.8, 4) is 0 Å². The summed E-state index contributed by atoms with van der Waals surface area (Å²) in [4.78, 5) is 3.02. The molecule has 0 nitrogen and oxygen atoms in total. The second-order valence-corrected chi connectivity index (χ2v) is 10.3. The fourth-order valence-electron chi connectivity index (χ4n) is 1.76. The van der Waals surface area contributed by atoms with Crippen molar-refractivity contribution in [3.63, 3.8) is 0 Å². The highest BCUT2D eigenvalue weighted by atomic mass is 32.2. The van der Waals surface area contributed by atoms with Crippen LogP contribution in [0.4, 0.5) is 0 Å². The third kappa shape index (κ3) is 3.58. The summed E-state index contributed by atoms with van der Waals surface area (Å²) in [5, 5.41) is 0. The number of thioether (sulfide) groups is 2. The molecule has 0 heterocycles. The Labute approximate surface area is 120 Å². The van der Waals surface area contributed by atoms with Gasteiger partial charge in [-0.3, -0.25) is 0 Å². The molecule has 0 N–H and O–H groups in total. The van der Waals surface area contributed by atoms with E-state index in [2.05, 4.69) is 65.8 Å². The molecule has 0 atom stereocenters. The lowest BCUT2D eigenvalue weighted by atomic mass is 10.2. The van der Waals surface area contributed by atoms with Crippen molar-refractivity contribution in [2.24, 2.45) is 0 Å². The first-order chi connectivity index (χ1) is 8.17. The molecule has 0 saturated heterocycles. The van der Waals surface area contributed by atoms with Gasteiger partial charge in [0.15, 0.2) is 0 Å². The lowest BCUT2D eigenvalue weighted by molar-refractivity contribution is 0.806. The van der Waals surface area contributed by atoms with Crippen molar-refractivity contribution in [1.29, 1.82) is 0 Å². The van der Waals surface area contributed by atoms with Gasteiger partial charge < -0.3 is 0 Å². The fraction of sp³-hybridized carbons (Fsp3) is 0.500. The zero-order valence-corrected chi connectivity index (χ0v) is 13.8. The van der Waals surface area contributed by atoms with Crippen molar-refractivity contribution in [2.45, 2.75) is 51.0 Å². The van der Waals surface area contributed by atoms with Gasteiger partial charge in [0.25, 0.3) is 0 Å². The minimum atomic E-state index is 0.285. The minimum Gasteiger partial charge on any atom is -0.118 e. The zero-order valence-electron chi connectivity index (χ0n) is 12.1. The van der Waals surface area contributed by atoms with Crippen LogP contribution in [0.2, 0.25) is 0 Å². The summed E-state index contributed by atoms with van der Waals surface area (Å²) in [6.45, 7) is 13.7. The van der Waals surface area contributed by atoms with Gasteiger partial charge in [0, 0.05) is 24.9 Å². The summed E-state index contributed by atoms with van der Waals surface area (Å²) in [6, 6.07) is 0. The molecule has 0 aromatic heterocycles. The first-order valence-corrected chi connectivity index (χ1v) is 8.03. The largest absolute Gasteiger partial charge is 0.118 e. The number of allylic oxidation sites excluding steroid dienone is 7. The van der Waals surface area contributed by atoms with Crippen LogP contribution in [0.1, 0.15) is 41.5 Å². The quantitative estimate of drug-likeness (QED) is 0.635. The molecule has 0 bridgehead atoms. The summed E-state index contributed by atoms with van der Waals surface area (Å²) >= 11 is 4.00. The Hall–Kier alpha value is -0.340. The third-order valence-corrected chi connectivity index (χ3v) is 4.94. The normalized spacial score (nSPS) is 19.2. The predicted octanol–water partition coefficient (Wildman–Crippen LogP) is 5.70. The van der Waals surface area contributed by atoms with Gasteiger partial charge in [-0.25, -0.2) is 0 Å². The Bertz CT molecular complexity index is 432. The zero-order chi connectivity index (χ0) is 13.6. The van der Waals surface area contributed by atoms with E-state index in [1.54, 1.807) is 0 Å².